The van der Waals surface area contributed by atoms with Crippen LogP contribution in [0.5, 0.6) is 0 Å². The number of aromatic nitrogens is 1. The lowest BCUT2D eigenvalue weighted by Crippen LogP contribution is -2.18. The minimum absolute atomic E-state index is 0.0148. The smallest absolute Gasteiger partial charge is 0.416 e. The Hall–Kier alpha value is -2.22. The molecular weight excluding hydrogens is 355 g/mol. The highest BCUT2D eigenvalue weighted by molar-refractivity contribution is 7.13. The van der Waals surface area contributed by atoms with E-state index in [1.807, 2.05) is 0 Å². The van der Waals surface area contributed by atoms with Gasteiger partial charge in [0, 0.05) is 23.8 Å². The molecule has 4 nitrogen and oxygen atoms in total. The van der Waals surface area contributed by atoms with E-state index in [-0.39, 0.29) is 18.6 Å². The summed E-state index contributed by atoms with van der Waals surface area (Å²) in [6.07, 6.45) is -4.06. The van der Waals surface area contributed by atoms with Crippen LogP contribution in [0.4, 0.5) is 13.2 Å². The van der Waals surface area contributed by atoms with Crippen LogP contribution in [-0.4, -0.2) is 21.8 Å². The number of carboxylic acid groups (broad SMARTS) is 1. The van der Waals surface area contributed by atoms with Gasteiger partial charge in [0.15, 0.2) is 0 Å². The number of carbonyl (C=O) groups excluding carboxylic acids is 1. The Morgan fingerprint density at radius 3 is 2.40 bits per heavy atom. The molecular formula is C17H16F3NO3S. The van der Waals surface area contributed by atoms with Crippen molar-refractivity contribution in [2.24, 2.45) is 5.92 Å². The van der Waals surface area contributed by atoms with Crippen LogP contribution < -0.4 is 0 Å². The van der Waals surface area contributed by atoms with Gasteiger partial charge < -0.3 is 5.11 Å². The van der Waals surface area contributed by atoms with Gasteiger partial charge in [0.1, 0.15) is 10.8 Å². The Balaban J connectivity index is 2.05. The van der Waals surface area contributed by atoms with E-state index in [0.717, 1.165) is 12.1 Å². The van der Waals surface area contributed by atoms with Crippen molar-refractivity contribution in [2.45, 2.75) is 32.4 Å². The van der Waals surface area contributed by atoms with Crippen molar-refractivity contribution in [1.82, 2.24) is 4.98 Å². The molecule has 1 unspecified atom stereocenters. The average Bonchev–Trinajstić information content (AvgIpc) is 3.00. The SMILES string of the molecule is CCC(CC(=O)Cc1csc(-c2ccc(C(F)(F)F)cc2)n1)C(=O)O. The van der Waals surface area contributed by atoms with Crippen LogP contribution in [0.25, 0.3) is 10.6 Å². The summed E-state index contributed by atoms with van der Waals surface area (Å²) in [5, 5.41) is 11.1. The second-order valence-corrected chi connectivity index (χ2v) is 6.44. The first-order valence-electron chi connectivity index (χ1n) is 7.57. The maximum Gasteiger partial charge on any atom is 0.416 e. The third-order valence-electron chi connectivity index (χ3n) is 3.71. The van der Waals surface area contributed by atoms with Gasteiger partial charge >= 0.3 is 12.1 Å². The minimum Gasteiger partial charge on any atom is -0.481 e. The molecule has 2 aromatic rings. The molecule has 0 amide bonds. The number of nitrogens with zero attached hydrogens (tertiary/aromatic N) is 1. The molecule has 134 valence electrons. The molecule has 0 spiro atoms. The van der Waals surface area contributed by atoms with E-state index >= 15 is 0 Å². The molecule has 0 aliphatic rings. The van der Waals surface area contributed by atoms with E-state index in [9.17, 15) is 22.8 Å². The zero-order valence-electron chi connectivity index (χ0n) is 13.3. The molecule has 1 N–H and O–H groups in total. The van der Waals surface area contributed by atoms with Gasteiger partial charge in [0.25, 0.3) is 0 Å². The first-order chi connectivity index (χ1) is 11.7. The number of rotatable bonds is 7. The van der Waals surface area contributed by atoms with Crippen LogP contribution in [0.15, 0.2) is 29.6 Å². The Labute approximate surface area is 146 Å². The van der Waals surface area contributed by atoms with Gasteiger partial charge in [-0.1, -0.05) is 19.1 Å². The third kappa shape index (κ3) is 5.12. The summed E-state index contributed by atoms with van der Waals surface area (Å²) in [6.45, 7) is 1.71. The molecule has 1 aromatic carbocycles. The molecule has 0 radical (unpaired) electrons. The fourth-order valence-electron chi connectivity index (χ4n) is 2.28. The Morgan fingerprint density at radius 1 is 1.24 bits per heavy atom. The highest BCUT2D eigenvalue weighted by Gasteiger charge is 2.30. The number of carbonyl (C=O) groups is 2. The topological polar surface area (TPSA) is 67.3 Å². The fraction of sp³-hybridized carbons (Fsp3) is 0.353. The summed E-state index contributed by atoms with van der Waals surface area (Å²) in [5.41, 5.74) is 0.293. The van der Waals surface area contributed by atoms with Crippen molar-refractivity contribution in [3.8, 4) is 10.6 Å². The molecule has 0 saturated carbocycles. The van der Waals surface area contributed by atoms with E-state index < -0.39 is 23.6 Å². The first-order valence-corrected chi connectivity index (χ1v) is 8.45. The quantitative estimate of drug-likeness (QED) is 0.781. The van der Waals surface area contributed by atoms with Gasteiger partial charge in [-0.2, -0.15) is 13.2 Å². The van der Waals surface area contributed by atoms with Crippen molar-refractivity contribution in [1.29, 1.82) is 0 Å². The largest absolute Gasteiger partial charge is 0.481 e. The summed E-state index contributed by atoms with van der Waals surface area (Å²) < 4.78 is 37.7. The number of benzene rings is 1. The van der Waals surface area contributed by atoms with Crippen LogP contribution >= 0.6 is 11.3 Å². The molecule has 1 aromatic heterocycles. The van der Waals surface area contributed by atoms with Crippen molar-refractivity contribution < 1.29 is 27.9 Å². The number of alkyl halides is 3. The zero-order valence-corrected chi connectivity index (χ0v) is 14.2. The van der Waals surface area contributed by atoms with Crippen LogP contribution in [0.2, 0.25) is 0 Å². The van der Waals surface area contributed by atoms with Gasteiger partial charge in [-0.05, 0) is 18.6 Å². The maximum atomic E-state index is 12.6. The molecule has 0 bridgehead atoms. The number of thiazole rings is 1. The number of hydrogen-bond acceptors (Lipinski definition) is 4. The Bertz CT molecular complexity index is 753. The highest BCUT2D eigenvalue weighted by Crippen LogP contribution is 2.31. The van der Waals surface area contributed by atoms with Crippen LogP contribution in [-0.2, 0) is 22.2 Å². The predicted molar refractivity (Wildman–Crippen MR) is 87.3 cm³/mol. The summed E-state index contributed by atoms with van der Waals surface area (Å²) >= 11 is 1.23. The number of halogens is 3. The Kier molecular flexibility index (Phi) is 5.94. The van der Waals surface area contributed by atoms with E-state index in [1.165, 1.54) is 23.5 Å². The lowest BCUT2D eigenvalue weighted by atomic mass is 9.98. The summed E-state index contributed by atoms with van der Waals surface area (Å²) in [5.74, 6) is -1.93. The molecule has 8 heteroatoms. The normalized spacial score (nSPS) is 12.8. The second-order valence-electron chi connectivity index (χ2n) is 5.58. The molecule has 0 aliphatic heterocycles. The van der Waals surface area contributed by atoms with Gasteiger partial charge in [-0.15, -0.1) is 11.3 Å². The van der Waals surface area contributed by atoms with E-state index in [4.69, 9.17) is 5.11 Å². The average molecular weight is 371 g/mol. The van der Waals surface area contributed by atoms with Crippen LogP contribution in [0, 0.1) is 5.92 Å². The van der Waals surface area contributed by atoms with Gasteiger partial charge in [-0.3, -0.25) is 9.59 Å². The van der Waals surface area contributed by atoms with Gasteiger partial charge in [0.05, 0.1) is 17.2 Å². The molecule has 1 heterocycles. The summed E-state index contributed by atoms with van der Waals surface area (Å²) in [4.78, 5) is 27.2. The molecule has 1 atom stereocenters. The van der Waals surface area contributed by atoms with Crippen molar-refractivity contribution >= 4 is 23.1 Å². The molecule has 0 aliphatic carbocycles. The summed E-state index contributed by atoms with van der Waals surface area (Å²) in [6, 6.07) is 4.65. The zero-order chi connectivity index (χ0) is 18.6. The van der Waals surface area contributed by atoms with E-state index in [1.54, 1.807) is 12.3 Å². The molecule has 25 heavy (non-hydrogen) atoms. The van der Waals surface area contributed by atoms with E-state index in [0.29, 0.717) is 22.7 Å². The van der Waals surface area contributed by atoms with Gasteiger partial charge in [0.2, 0.25) is 0 Å². The monoisotopic (exact) mass is 371 g/mol. The first kappa shape index (κ1) is 19.1. The second kappa shape index (κ2) is 7.77. The van der Waals surface area contributed by atoms with Gasteiger partial charge in [-0.25, -0.2) is 4.98 Å². The highest BCUT2D eigenvalue weighted by atomic mass is 32.1. The third-order valence-corrected chi connectivity index (χ3v) is 4.65. The molecule has 0 fully saturated rings. The lowest BCUT2D eigenvalue weighted by Gasteiger charge is -2.07. The van der Waals surface area contributed by atoms with Crippen molar-refractivity contribution in [2.75, 3.05) is 0 Å². The number of carboxylic acids is 1. The number of ketones is 1. The lowest BCUT2D eigenvalue weighted by molar-refractivity contribution is -0.143. The van der Waals surface area contributed by atoms with Crippen LogP contribution in [0.3, 0.4) is 0 Å². The number of aliphatic carboxylic acids is 1. The van der Waals surface area contributed by atoms with Crippen molar-refractivity contribution in [3.63, 3.8) is 0 Å². The molecule has 2 rings (SSSR count). The van der Waals surface area contributed by atoms with Crippen LogP contribution in [0.1, 0.15) is 31.0 Å². The van der Waals surface area contributed by atoms with Crippen molar-refractivity contribution in [3.05, 3.63) is 40.9 Å². The number of hydrogen-bond donors (Lipinski definition) is 1. The summed E-state index contributed by atoms with van der Waals surface area (Å²) in [7, 11) is 0. The number of Topliss-reactive ketones (excluding diaryl/α,β-unsaturated/α-hetero) is 1. The Morgan fingerprint density at radius 2 is 1.88 bits per heavy atom. The predicted octanol–water partition coefficient (Wildman–Crippen LogP) is 4.44. The standard InChI is InChI=1S/C17H16F3NO3S/c1-2-10(16(23)24)7-14(22)8-13-9-25-15(21-13)11-3-5-12(6-4-11)17(18,19)20/h3-6,9-10H,2,7-8H2,1H3,(H,23,24). The van der Waals surface area contributed by atoms with E-state index in [2.05, 4.69) is 4.98 Å². The maximum absolute atomic E-state index is 12.6. The fourth-order valence-corrected chi connectivity index (χ4v) is 3.10. The minimum atomic E-state index is -4.39. The molecule has 0 saturated heterocycles.